The Hall–Kier alpha value is -10.6. The molecule has 0 fully saturated rings. The molecule has 0 aliphatic heterocycles. The van der Waals surface area contributed by atoms with Gasteiger partial charge in [0.2, 0.25) is 5.91 Å². The first-order chi connectivity index (χ1) is 49.1. The Labute approximate surface area is 604 Å². The molecule has 2 aromatic carbocycles. The smallest absolute Gasteiger partial charge is 0.408 e. The lowest BCUT2D eigenvalue weighted by molar-refractivity contribution is -0.143. The van der Waals surface area contributed by atoms with Gasteiger partial charge in [0.15, 0.2) is 23.1 Å². The molecule has 4 atom stereocenters. The Morgan fingerprint density at radius 3 is 1.07 bits per heavy atom. The first-order valence-electron chi connectivity index (χ1n) is 34.5. The van der Waals surface area contributed by atoms with Crippen molar-refractivity contribution < 1.29 is 52.9 Å². The summed E-state index contributed by atoms with van der Waals surface area (Å²) in [5, 5.41) is 16.5. The highest BCUT2D eigenvalue weighted by molar-refractivity contribution is 5.98. The maximum Gasteiger partial charge on any atom is 0.408 e. The molecule has 23 nitrogen and oxygen atoms in total. The van der Waals surface area contributed by atoms with E-state index in [-0.39, 0.29) is 48.3 Å². The molecule has 0 saturated heterocycles. The SMILES string of the molecule is C[C@@H](CC(=O)[C@@H](C)NC(=O)OC(C)(C)C)C(=O)NCCc1ccc(CC(=O)c2ccc(CN(Cc3ccccn3)Cc3ccccn3)nc2)cc1.C[C@@H](CC(=O)[C@@H](C)NC(=O)OC(C)(C)C)C(=O)O.NCCc1ccc(CC(=O)c2ccc(CN(Cc3ccccn3)Cc3ccccn3)nc2)cc1. The van der Waals surface area contributed by atoms with Crippen LogP contribution in [0, 0.1) is 11.8 Å². The summed E-state index contributed by atoms with van der Waals surface area (Å²) in [6.07, 6.45) is 11.1. The number of ketones is 4. The van der Waals surface area contributed by atoms with Crippen LogP contribution in [0.4, 0.5) is 9.59 Å². The van der Waals surface area contributed by atoms with E-state index in [0.29, 0.717) is 76.3 Å². The van der Waals surface area contributed by atoms with Gasteiger partial charge in [0, 0.05) is 126 Å². The molecular formula is C80H98N12O11. The zero-order valence-corrected chi connectivity index (χ0v) is 60.7. The molecule has 0 radical (unpaired) electrons. The minimum absolute atomic E-state index is 0.000160. The number of hydrogen-bond acceptors (Lipinski definition) is 19. The lowest BCUT2D eigenvalue weighted by Gasteiger charge is -2.22. The average molecular weight is 1400 g/mol. The van der Waals surface area contributed by atoms with Crippen LogP contribution in [0.25, 0.3) is 0 Å². The first kappa shape index (κ1) is 81.3. The molecule has 0 bridgehead atoms. The number of carbonyl (C=O) groups excluding carboxylic acids is 7. The van der Waals surface area contributed by atoms with Gasteiger partial charge in [-0.2, -0.15) is 0 Å². The van der Waals surface area contributed by atoms with Gasteiger partial charge in [-0.05, 0) is 170 Å². The predicted octanol–water partition coefficient (Wildman–Crippen LogP) is 11.2. The number of alkyl carbamates (subject to hydrolysis) is 2. The number of carbonyl (C=O) groups is 8. The first-order valence-corrected chi connectivity index (χ1v) is 34.5. The number of Topliss-reactive ketones (excluding diaryl/α,β-unsaturated/α-hetero) is 4. The number of nitrogens with zero attached hydrogens (tertiary/aromatic N) is 8. The van der Waals surface area contributed by atoms with Crippen LogP contribution in [0.15, 0.2) is 183 Å². The van der Waals surface area contributed by atoms with Gasteiger partial charge in [-0.3, -0.25) is 68.5 Å². The summed E-state index contributed by atoms with van der Waals surface area (Å²) in [6.45, 7) is 21.4. The summed E-state index contributed by atoms with van der Waals surface area (Å²) in [4.78, 5) is 128. The van der Waals surface area contributed by atoms with Crippen LogP contribution in [-0.2, 0) is 93.6 Å². The van der Waals surface area contributed by atoms with Crippen LogP contribution in [0.1, 0.15) is 159 Å². The number of benzene rings is 2. The third-order valence-corrected chi connectivity index (χ3v) is 15.7. The number of pyridine rings is 6. The molecular weight excluding hydrogens is 1300 g/mol. The Morgan fingerprint density at radius 1 is 0.437 bits per heavy atom. The van der Waals surface area contributed by atoms with Crippen molar-refractivity contribution in [1.82, 2.24) is 55.7 Å². The zero-order chi connectivity index (χ0) is 74.9. The Kier molecular flexibility index (Phi) is 32.6. The summed E-state index contributed by atoms with van der Waals surface area (Å²) in [5.41, 5.74) is 15.2. The van der Waals surface area contributed by atoms with Crippen LogP contribution in [0.3, 0.4) is 0 Å². The number of carboxylic acids is 1. The van der Waals surface area contributed by atoms with Gasteiger partial charge in [0.05, 0.1) is 52.2 Å². The molecule has 544 valence electrons. The van der Waals surface area contributed by atoms with Crippen molar-refractivity contribution in [2.45, 2.75) is 170 Å². The van der Waals surface area contributed by atoms with Crippen LogP contribution in [0.2, 0.25) is 0 Å². The van der Waals surface area contributed by atoms with Crippen LogP contribution < -0.4 is 21.7 Å². The van der Waals surface area contributed by atoms with Crippen molar-refractivity contribution in [2.75, 3.05) is 13.1 Å². The average Bonchev–Trinajstić information content (AvgIpc) is 0.861. The van der Waals surface area contributed by atoms with Gasteiger partial charge in [0.1, 0.15) is 11.2 Å². The van der Waals surface area contributed by atoms with Crippen LogP contribution in [0.5, 0.6) is 0 Å². The van der Waals surface area contributed by atoms with E-state index in [1.165, 1.54) is 19.4 Å². The van der Waals surface area contributed by atoms with E-state index < -0.39 is 53.3 Å². The van der Waals surface area contributed by atoms with Gasteiger partial charge >= 0.3 is 18.2 Å². The number of hydrogen-bond donors (Lipinski definition) is 5. The lowest BCUT2D eigenvalue weighted by atomic mass is 10.00. The maximum atomic E-state index is 13.1. The van der Waals surface area contributed by atoms with E-state index in [1.807, 2.05) is 146 Å². The molecule has 0 unspecified atom stereocenters. The molecule has 6 aromatic heterocycles. The van der Waals surface area contributed by atoms with Crippen molar-refractivity contribution in [1.29, 1.82) is 0 Å². The topological polar surface area (TPSA) is 321 Å². The third kappa shape index (κ3) is 31.4. The molecule has 0 aliphatic rings. The molecule has 6 N–H and O–H groups in total. The fourth-order valence-electron chi connectivity index (χ4n) is 10.2. The Bertz CT molecular complexity index is 3870. The number of rotatable bonds is 33. The molecule has 8 aromatic rings. The molecule has 0 aliphatic carbocycles. The van der Waals surface area contributed by atoms with E-state index >= 15 is 0 Å². The monoisotopic (exact) mass is 1400 g/mol. The normalized spacial score (nSPS) is 12.4. The molecule has 0 spiro atoms. The molecule has 0 saturated carbocycles. The highest BCUT2D eigenvalue weighted by Gasteiger charge is 2.26. The highest BCUT2D eigenvalue weighted by Crippen LogP contribution is 2.18. The Balaban J connectivity index is 0.000000274. The second-order valence-corrected chi connectivity index (χ2v) is 27.3. The van der Waals surface area contributed by atoms with Gasteiger partial charge < -0.3 is 36.3 Å². The summed E-state index contributed by atoms with van der Waals surface area (Å²) < 4.78 is 10.2. The number of carboxylic acid groups (broad SMARTS) is 1. The van der Waals surface area contributed by atoms with Crippen molar-refractivity contribution >= 4 is 47.2 Å². The van der Waals surface area contributed by atoms with Gasteiger partial charge in [-0.1, -0.05) is 86.6 Å². The number of ether oxygens (including phenoxy) is 2. The minimum atomic E-state index is -1.03. The van der Waals surface area contributed by atoms with Crippen LogP contribution in [-0.4, -0.2) is 128 Å². The van der Waals surface area contributed by atoms with Gasteiger partial charge in [-0.15, -0.1) is 0 Å². The van der Waals surface area contributed by atoms with E-state index in [4.69, 9.17) is 20.3 Å². The number of amides is 3. The fraction of sp³-hybridized carbons (Fsp3) is 0.375. The molecule has 6 heterocycles. The van der Waals surface area contributed by atoms with E-state index in [2.05, 4.69) is 55.7 Å². The van der Waals surface area contributed by atoms with Crippen molar-refractivity contribution in [3.63, 3.8) is 0 Å². The lowest BCUT2D eigenvalue weighted by Crippen LogP contribution is -2.43. The fourth-order valence-corrected chi connectivity index (χ4v) is 10.2. The van der Waals surface area contributed by atoms with Gasteiger partial charge in [0.25, 0.3) is 0 Å². The summed E-state index contributed by atoms with van der Waals surface area (Å²) >= 11 is 0. The molecule has 23 heteroatoms. The van der Waals surface area contributed by atoms with E-state index in [9.17, 15) is 38.4 Å². The summed E-state index contributed by atoms with van der Waals surface area (Å²) in [6, 6.07) is 45.4. The van der Waals surface area contributed by atoms with E-state index in [0.717, 1.165) is 57.3 Å². The molecule has 8 rings (SSSR count). The number of aromatic nitrogens is 6. The standard InChI is InChI=1S/C40H48N6O5.C28H29N5O.C12H21NO5/c1-28(22-36(47)29(2)45-39(50)51-40(3,4)5)38(49)43-21-18-30-12-14-31(15-13-30)23-37(48)32-16-17-35(44-24-32)27-46(25-33-10-6-8-19-41-33)26-34-11-7-9-20-42-34;29-14-13-22-7-9-23(10-8-22)17-28(34)24-11-12-27(32-18-24)21-33(19-25-5-1-3-15-30-25)20-26-6-2-4-16-31-26;1-7(10(15)16)6-9(14)8(2)13-11(17)18-12(3,4)5/h6-17,19-20,24,28-29H,18,21-23,25-27H2,1-5H3,(H,43,49)(H,45,50);1-12,15-16,18H,13-14,17,19-21,29H2;7-8H,6H2,1-5H3,(H,13,17)(H,15,16)/t28-,29+;;7-,8+/m0.0/s1. The quantitative estimate of drug-likeness (QED) is 0.0239. The highest BCUT2D eigenvalue weighted by atomic mass is 16.6. The van der Waals surface area contributed by atoms with Crippen molar-refractivity contribution in [3.8, 4) is 0 Å². The molecule has 3 amide bonds. The second kappa shape index (κ2) is 41.3. The molecule has 103 heavy (non-hydrogen) atoms. The predicted molar refractivity (Wildman–Crippen MR) is 393 cm³/mol. The number of aliphatic carboxylic acids is 1. The number of nitrogens with two attached hydrogens (primary N) is 1. The Morgan fingerprint density at radius 2 is 0.767 bits per heavy atom. The minimum Gasteiger partial charge on any atom is -0.481 e. The van der Waals surface area contributed by atoms with Gasteiger partial charge in [-0.25, -0.2) is 9.59 Å². The maximum absolute atomic E-state index is 13.1. The third-order valence-electron chi connectivity index (χ3n) is 15.7. The number of nitrogens with one attached hydrogen (secondary N) is 3. The van der Waals surface area contributed by atoms with Crippen molar-refractivity contribution in [3.05, 3.63) is 250 Å². The summed E-state index contributed by atoms with van der Waals surface area (Å²) in [7, 11) is 0. The van der Waals surface area contributed by atoms with E-state index in [1.54, 1.807) is 92.6 Å². The second-order valence-electron chi connectivity index (χ2n) is 27.3. The summed E-state index contributed by atoms with van der Waals surface area (Å²) in [5.74, 6) is -3.13. The van der Waals surface area contributed by atoms with Crippen molar-refractivity contribution in [2.24, 2.45) is 17.6 Å². The largest absolute Gasteiger partial charge is 0.481 e. The van der Waals surface area contributed by atoms with Crippen LogP contribution >= 0.6 is 0 Å². The zero-order valence-electron chi connectivity index (χ0n) is 60.7.